The van der Waals surface area contributed by atoms with Crippen LogP contribution in [0.1, 0.15) is 4.88 Å². The number of nitrogens with zero attached hydrogens (tertiary/aromatic N) is 1. The standard InChI is InChI=1S/C6H4NOS/c1-8-5-2-3-9-6(5)4-7/h2H,1H3. The van der Waals surface area contributed by atoms with E-state index in [-0.39, 0.29) is 0 Å². The SMILES string of the molecule is COc1c[c]sc1C#N. The van der Waals surface area contributed by atoms with E-state index in [1.54, 1.807) is 6.07 Å². The van der Waals surface area contributed by atoms with E-state index in [9.17, 15) is 0 Å². The molecule has 0 saturated heterocycles. The molecule has 1 heterocycles. The molecule has 3 heteroatoms. The first-order valence-electron chi connectivity index (χ1n) is 2.32. The molecule has 0 amide bonds. The lowest BCUT2D eigenvalue weighted by Gasteiger charge is -1.90. The van der Waals surface area contributed by atoms with Crippen LogP contribution in [-0.4, -0.2) is 7.11 Å². The lowest BCUT2D eigenvalue weighted by Crippen LogP contribution is -1.79. The lowest BCUT2D eigenvalue weighted by molar-refractivity contribution is 0.415. The van der Waals surface area contributed by atoms with Crippen LogP contribution in [0.3, 0.4) is 0 Å². The maximum absolute atomic E-state index is 8.40. The minimum atomic E-state index is 0.581. The lowest BCUT2D eigenvalue weighted by atomic mass is 10.5. The van der Waals surface area contributed by atoms with Gasteiger partial charge in [0.15, 0.2) is 0 Å². The van der Waals surface area contributed by atoms with Crippen LogP contribution in [0.25, 0.3) is 0 Å². The number of rotatable bonds is 1. The zero-order valence-corrected chi connectivity index (χ0v) is 5.66. The predicted molar refractivity (Wildman–Crippen MR) is 34.4 cm³/mol. The fraction of sp³-hybridized carbons (Fsp3) is 0.167. The number of thiophene rings is 1. The third-order valence-corrected chi connectivity index (χ3v) is 1.63. The van der Waals surface area contributed by atoms with Gasteiger partial charge in [-0.2, -0.15) is 5.26 Å². The first-order chi connectivity index (χ1) is 4.38. The molecule has 0 unspecified atom stereocenters. The van der Waals surface area contributed by atoms with Crippen LogP contribution in [0, 0.1) is 16.7 Å². The molecule has 45 valence electrons. The molecule has 0 fully saturated rings. The first-order valence-corrected chi connectivity index (χ1v) is 3.14. The smallest absolute Gasteiger partial charge is 0.148 e. The summed E-state index contributed by atoms with van der Waals surface area (Å²) in [6.07, 6.45) is 0. The molecule has 1 aromatic heterocycles. The van der Waals surface area contributed by atoms with Gasteiger partial charge in [0.2, 0.25) is 0 Å². The predicted octanol–water partition coefficient (Wildman–Crippen LogP) is 1.43. The summed E-state index contributed by atoms with van der Waals surface area (Å²) in [4.78, 5) is 0.581. The van der Waals surface area contributed by atoms with Gasteiger partial charge in [-0.25, -0.2) is 0 Å². The maximum Gasteiger partial charge on any atom is 0.148 e. The molecule has 0 aliphatic carbocycles. The average Bonchev–Trinajstić information content (AvgIpc) is 2.33. The highest BCUT2D eigenvalue weighted by Crippen LogP contribution is 2.21. The Labute approximate surface area is 57.3 Å². The van der Waals surface area contributed by atoms with Crippen LogP contribution in [-0.2, 0) is 0 Å². The van der Waals surface area contributed by atoms with E-state index in [2.05, 4.69) is 5.38 Å². The topological polar surface area (TPSA) is 33.0 Å². The molecule has 0 N–H and O–H groups in total. The Bertz CT molecular complexity index is 235. The normalized spacial score (nSPS) is 8.44. The number of nitriles is 1. The van der Waals surface area contributed by atoms with Crippen molar-refractivity contribution in [1.82, 2.24) is 0 Å². The Balaban J connectivity index is 3.02. The van der Waals surface area contributed by atoms with Crippen LogP contribution in [0.15, 0.2) is 6.07 Å². The fourth-order valence-electron chi connectivity index (χ4n) is 0.487. The first kappa shape index (κ1) is 6.12. The highest BCUT2D eigenvalue weighted by atomic mass is 32.1. The second-order valence-corrected chi connectivity index (χ2v) is 2.22. The van der Waals surface area contributed by atoms with Gasteiger partial charge in [0.25, 0.3) is 0 Å². The number of ether oxygens (including phenoxy) is 1. The molecule has 0 spiro atoms. The van der Waals surface area contributed by atoms with Crippen molar-refractivity contribution < 1.29 is 4.74 Å². The summed E-state index contributed by atoms with van der Waals surface area (Å²) in [5.74, 6) is 0.613. The molecule has 0 aromatic carbocycles. The molecule has 1 radical (unpaired) electrons. The molecule has 0 aliphatic heterocycles. The molecule has 1 aromatic rings. The highest BCUT2D eigenvalue weighted by molar-refractivity contribution is 7.10. The third kappa shape index (κ3) is 1.03. The van der Waals surface area contributed by atoms with E-state index >= 15 is 0 Å². The molecule has 1 rings (SSSR count). The van der Waals surface area contributed by atoms with Crippen molar-refractivity contribution in [2.75, 3.05) is 7.11 Å². The van der Waals surface area contributed by atoms with Crippen molar-refractivity contribution in [2.45, 2.75) is 0 Å². The Morgan fingerprint density at radius 3 is 3.11 bits per heavy atom. The summed E-state index contributed by atoms with van der Waals surface area (Å²) in [5.41, 5.74) is 0. The van der Waals surface area contributed by atoms with Crippen molar-refractivity contribution in [2.24, 2.45) is 0 Å². The molecule has 0 atom stereocenters. The zero-order valence-electron chi connectivity index (χ0n) is 4.84. The summed E-state index contributed by atoms with van der Waals surface area (Å²) in [7, 11) is 1.54. The van der Waals surface area contributed by atoms with Gasteiger partial charge in [0, 0.05) is 11.4 Å². The van der Waals surface area contributed by atoms with Crippen molar-refractivity contribution in [1.29, 1.82) is 5.26 Å². The Morgan fingerprint density at radius 1 is 1.89 bits per heavy atom. The van der Waals surface area contributed by atoms with Gasteiger partial charge in [-0.3, -0.25) is 0 Å². The maximum atomic E-state index is 8.40. The van der Waals surface area contributed by atoms with Gasteiger partial charge >= 0.3 is 0 Å². The van der Waals surface area contributed by atoms with E-state index in [1.165, 1.54) is 18.4 Å². The molecular formula is C6H4NOS. The molecular weight excluding hydrogens is 134 g/mol. The van der Waals surface area contributed by atoms with E-state index in [0.717, 1.165) is 0 Å². The van der Waals surface area contributed by atoms with Crippen molar-refractivity contribution in [3.8, 4) is 11.8 Å². The zero-order chi connectivity index (χ0) is 6.69. The van der Waals surface area contributed by atoms with Gasteiger partial charge < -0.3 is 4.74 Å². The highest BCUT2D eigenvalue weighted by Gasteiger charge is 2.00. The Hall–Kier alpha value is -1.01. The van der Waals surface area contributed by atoms with Gasteiger partial charge in [0.1, 0.15) is 16.7 Å². The van der Waals surface area contributed by atoms with Gasteiger partial charge in [-0.15, -0.1) is 11.3 Å². The van der Waals surface area contributed by atoms with E-state index in [4.69, 9.17) is 10.00 Å². The van der Waals surface area contributed by atoms with Crippen molar-refractivity contribution in [3.63, 3.8) is 0 Å². The molecule has 0 bridgehead atoms. The van der Waals surface area contributed by atoms with E-state index in [1.807, 2.05) is 6.07 Å². The van der Waals surface area contributed by atoms with Crippen LogP contribution in [0.2, 0.25) is 0 Å². The molecule has 0 aliphatic rings. The minimum absolute atomic E-state index is 0.581. The summed E-state index contributed by atoms with van der Waals surface area (Å²) < 4.78 is 4.83. The molecule has 9 heavy (non-hydrogen) atoms. The monoisotopic (exact) mass is 138 g/mol. The summed E-state index contributed by atoms with van der Waals surface area (Å²) >= 11 is 1.26. The molecule has 2 nitrogen and oxygen atoms in total. The van der Waals surface area contributed by atoms with Gasteiger partial charge in [-0.1, -0.05) is 0 Å². The van der Waals surface area contributed by atoms with Crippen molar-refractivity contribution in [3.05, 3.63) is 16.3 Å². The summed E-state index contributed by atoms with van der Waals surface area (Å²) in [5, 5.41) is 11.2. The average molecular weight is 138 g/mol. The van der Waals surface area contributed by atoms with Crippen molar-refractivity contribution >= 4 is 11.3 Å². The quantitative estimate of drug-likeness (QED) is 0.588. The van der Waals surface area contributed by atoms with Gasteiger partial charge in [0.05, 0.1) is 7.11 Å². The molecule has 0 saturated carbocycles. The second kappa shape index (κ2) is 2.51. The van der Waals surface area contributed by atoms with Crippen LogP contribution >= 0.6 is 11.3 Å². The minimum Gasteiger partial charge on any atom is -0.494 e. The number of hydrogen-bond donors (Lipinski definition) is 0. The fourth-order valence-corrected chi connectivity index (χ4v) is 1.06. The van der Waals surface area contributed by atoms with Gasteiger partial charge in [-0.05, 0) is 0 Å². The Kier molecular flexibility index (Phi) is 1.71. The van der Waals surface area contributed by atoms with Crippen LogP contribution < -0.4 is 4.74 Å². The van der Waals surface area contributed by atoms with Crippen LogP contribution in [0.5, 0.6) is 5.75 Å². The second-order valence-electron chi connectivity index (χ2n) is 1.37. The number of methoxy groups -OCH3 is 1. The largest absolute Gasteiger partial charge is 0.494 e. The summed E-state index contributed by atoms with van der Waals surface area (Å²) in [6, 6.07) is 3.64. The number of hydrogen-bond acceptors (Lipinski definition) is 3. The summed E-state index contributed by atoms with van der Waals surface area (Å²) in [6.45, 7) is 0. The van der Waals surface area contributed by atoms with Crippen LogP contribution in [0.4, 0.5) is 0 Å². The third-order valence-electron chi connectivity index (χ3n) is 0.896. The van der Waals surface area contributed by atoms with E-state index < -0.39 is 0 Å². The van der Waals surface area contributed by atoms with E-state index in [0.29, 0.717) is 10.6 Å². The Morgan fingerprint density at radius 2 is 2.67 bits per heavy atom.